The van der Waals surface area contributed by atoms with Crippen LogP contribution in [0, 0.1) is 0 Å². The molecule has 0 atom stereocenters. The second-order valence-electron chi connectivity index (χ2n) is 7.44. The van der Waals surface area contributed by atoms with Gasteiger partial charge in [0, 0.05) is 17.3 Å². The first-order chi connectivity index (χ1) is 15.0. The zero-order chi connectivity index (χ0) is 22.0. The molecule has 2 aromatic heterocycles. The van der Waals surface area contributed by atoms with Gasteiger partial charge in [-0.15, -0.1) is 21.5 Å². The Morgan fingerprint density at radius 2 is 1.97 bits per heavy atom. The van der Waals surface area contributed by atoms with Gasteiger partial charge in [-0.3, -0.25) is 14.5 Å². The zero-order valence-electron chi connectivity index (χ0n) is 17.4. The molecule has 0 aromatic carbocycles. The standard InChI is InChI=1S/C20H24N4O4S3/c1-3-15(26)24(11-8-9-11)19-22-23-20(31-19)29-10-14(25)21-17-16(18(27)28-2)12-6-4-5-7-13(12)30-17/h11H,3-10H2,1-2H3,(H,21,25). The number of thiophene rings is 1. The lowest BCUT2D eigenvalue weighted by atomic mass is 9.95. The number of ether oxygens (including phenoxy) is 1. The fourth-order valence-electron chi connectivity index (χ4n) is 3.59. The van der Waals surface area contributed by atoms with E-state index in [9.17, 15) is 14.4 Å². The number of hydrogen-bond donors (Lipinski definition) is 1. The minimum atomic E-state index is -0.406. The number of hydrogen-bond acceptors (Lipinski definition) is 9. The number of thioether (sulfide) groups is 1. The lowest BCUT2D eigenvalue weighted by Gasteiger charge is -2.17. The molecule has 0 bridgehead atoms. The average molecular weight is 481 g/mol. The Morgan fingerprint density at radius 1 is 1.19 bits per heavy atom. The molecule has 166 valence electrons. The third-order valence-corrected chi connectivity index (χ3v) is 8.49. The number of esters is 1. The number of nitrogens with one attached hydrogen (secondary N) is 1. The summed E-state index contributed by atoms with van der Waals surface area (Å²) in [7, 11) is 1.36. The van der Waals surface area contributed by atoms with E-state index in [2.05, 4.69) is 15.5 Å². The Hall–Kier alpha value is -1.98. The van der Waals surface area contributed by atoms with Gasteiger partial charge in [0.25, 0.3) is 0 Å². The van der Waals surface area contributed by atoms with Gasteiger partial charge >= 0.3 is 5.97 Å². The van der Waals surface area contributed by atoms with Gasteiger partial charge in [-0.25, -0.2) is 4.79 Å². The van der Waals surface area contributed by atoms with E-state index >= 15 is 0 Å². The SMILES string of the molecule is CCC(=O)N(c1nnc(SCC(=O)Nc2sc3c(c2C(=O)OC)CCCC3)s1)C1CC1. The van der Waals surface area contributed by atoms with E-state index in [-0.39, 0.29) is 23.6 Å². The fraction of sp³-hybridized carbons (Fsp3) is 0.550. The van der Waals surface area contributed by atoms with Crippen molar-refractivity contribution < 1.29 is 19.1 Å². The Bertz CT molecular complexity index is 999. The van der Waals surface area contributed by atoms with Crippen LogP contribution in [-0.4, -0.2) is 46.9 Å². The van der Waals surface area contributed by atoms with E-state index in [4.69, 9.17) is 4.74 Å². The Kier molecular flexibility index (Phi) is 6.92. The van der Waals surface area contributed by atoms with Gasteiger partial charge in [0.2, 0.25) is 16.9 Å². The van der Waals surface area contributed by atoms with Crippen molar-refractivity contribution in [3.05, 3.63) is 16.0 Å². The van der Waals surface area contributed by atoms with Gasteiger partial charge in [0.1, 0.15) is 5.00 Å². The number of nitrogens with zero attached hydrogens (tertiary/aromatic N) is 3. The van der Waals surface area contributed by atoms with E-state index in [0.717, 1.165) is 49.0 Å². The van der Waals surface area contributed by atoms with Crippen LogP contribution in [0.2, 0.25) is 0 Å². The molecule has 11 heteroatoms. The molecule has 31 heavy (non-hydrogen) atoms. The van der Waals surface area contributed by atoms with Crippen LogP contribution in [0.3, 0.4) is 0 Å². The summed E-state index contributed by atoms with van der Waals surface area (Å²) in [5.41, 5.74) is 1.51. The van der Waals surface area contributed by atoms with Crippen molar-refractivity contribution in [2.24, 2.45) is 0 Å². The van der Waals surface area contributed by atoms with Gasteiger partial charge in [-0.1, -0.05) is 30.0 Å². The molecular weight excluding hydrogens is 456 g/mol. The molecule has 2 aliphatic rings. The summed E-state index contributed by atoms with van der Waals surface area (Å²) in [6.07, 6.45) is 6.30. The molecule has 0 aliphatic heterocycles. The van der Waals surface area contributed by atoms with Crippen LogP contribution in [0.5, 0.6) is 0 Å². The molecule has 2 amide bonds. The molecule has 2 aliphatic carbocycles. The summed E-state index contributed by atoms with van der Waals surface area (Å²) in [5.74, 6) is -0.431. The molecule has 2 aromatic rings. The van der Waals surface area contributed by atoms with Gasteiger partial charge in [0.05, 0.1) is 18.4 Å². The summed E-state index contributed by atoms with van der Waals surface area (Å²) >= 11 is 4.07. The fourth-order valence-corrected chi connectivity index (χ4v) is 6.61. The van der Waals surface area contributed by atoms with Crippen LogP contribution in [0.15, 0.2) is 4.34 Å². The maximum Gasteiger partial charge on any atom is 0.341 e. The largest absolute Gasteiger partial charge is 0.465 e. The zero-order valence-corrected chi connectivity index (χ0v) is 19.9. The molecule has 0 saturated heterocycles. The molecule has 8 nitrogen and oxygen atoms in total. The molecule has 0 unspecified atom stereocenters. The number of carbonyl (C=O) groups is 3. The minimum absolute atomic E-state index is 0.0462. The monoisotopic (exact) mass is 480 g/mol. The molecule has 2 heterocycles. The first kappa shape index (κ1) is 22.2. The predicted molar refractivity (Wildman–Crippen MR) is 122 cm³/mol. The number of anilines is 2. The van der Waals surface area contributed by atoms with Crippen molar-refractivity contribution in [1.82, 2.24) is 10.2 Å². The molecule has 1 fully saturated rings. The molecule has 1 N–H and O–H groups in total. The van der Waals surface area contributed by atoms with Crippen molar-refractivity contribution in [2.45, 2.75) is 62.3 Å². The third-order valence-electron chi connectivity index (χ3n) is 5.23. The predicted octanol–water partition coefficient (Wildman–Crippen LogP) is 3.90. The van der Waals surface area contributed by atoms with Crippen molar-refractivity contribution >= 4 is 62.4 Å². The van der Waals surface area contributed by atoms with Gasteiger partial charge in [0.15, 0.2) is 4.34 Å². The highest BCUT2D eigenvalue weighted by molar-refractivity contribution is 8.01. The minimum Gasteiger partial charge on any atom is -0.465 e. The Morgan fingerprint density at radius 3 is 2.68 bits per heavy atom. The van der Waals surface area contributed by atoms with Crippen LogP contribution in [0.25, 0.3) is 0 Å². The third kappa shape index (κ3) is 4.93. The summed E-state index contributed by atoms with van der Waals surface area (Å²) in [6, 6.07) is 0.225. The van der Waals surface area contributed by atoms with Crippen LogP contribution in [0.1, 0.15) is 59.8 Å². The van der Waals surface area contributed by atoms with Crippen molar-refractivity contribution in [3.8, 4) is 0 Å². The summed E-state index contributed by atoms with van der Waals surface area (Å²) in [4.78, 5) is 40.0. The molecule has 4 rings (SSSR count). The number of amides is 2. The number of fused-ring (bicyclic) bond motifs is 1. The van der Waals surface area contributed by atoms with Crippen molar-refractivity contribution in [3.63, 3.8) is 0 Å². The van der Waals surface area contributed by atoms with Crippen molar-refractivity contribution in [1.29, 1.82) is 0 Å². The highest BCUT2D eigenvalue weighted by atomic mass is 32.2. The topological polar surface area (TPSA) is 101 Å². The first-order valence-corrected chi connectivity index (χ1v) is 12.9. The number of aromatic nitrogens is 2. The average Bonchev–Trinajstić information content (AvgIpc) is 3.38. The van der Waals surface area contributed by atoms with Gasteiger partial charge in [-0.2, -0.15) is 0 Å². The quantitative estimate of drug-likeness (QED) is 0.347. The highest BCUT2D eigenvalue weighted by Crippen LogP contribution is 2.39. The smallest absolute Gasteiger partial charge is 0.341 e. The summed E-state index contributed by atoms with van der Waals surface area (Å²) in [6.45, 7) is 1.84. The van der Waals surface area contributed by atoms with E-state index in [0.29, 0.717) is 26.5 Å². The van der Waals surface area contributed by atoms with Crippen LogP contribution < -0.4 is 10.2 Å². The molecule has 0 radical (unpaired) electrons. The normalized spacial score (nSPS) is 15.3. The number of carbonyl (C=O) groups excluding carboxylic acids is 3. The number of methoxy groups -OCH3 is 1. The molecule has 0 spiro atoms. The van der Waals surface area contributed by atoms with E-state index in [1.54, 1.807) is 4.90 Å². The second kappa shape index (κ2) is 9.66. The van der Waals surface area contributed by atoms with E-state index in [1.165, 1.54) is 41.5 Å². The Labute approximate surface area is 192 Å². The van der Waals surface area contributed by atoms with Crippen LogP contribution >= 0.6 is 34.4 Å². The number of aryl methyl sites for hydroxylation is 1. The highest BCUT2D eigenvalue weighted by Gasteiger charge is 2.35. The van der Waals surface area contributed by atoms with Crippen LogP contribution in [-0.2, 0) is 27.2 Å². The van der Waals surface area contributed by atoms with Crippen LogP contribution in [0.4, 0.5) is 10.1 Å². The number of rotatable bonds is 8. The second-order valence-corrected chi connectivity index (χ2v) is 10.7. The summed E-state index contributed by atoms with van der Waals surface area (Å²) in [5, 5.41) is 12.4. The first-order valence-electron chi connectivity index (χ1n) is 10.3. The maximum absolute atomic E-state index is 12.6. The van der Waals surface area contributed by atoms with E-state index < -0.39 is 5.97 Å². The van der Waals surface area contributed by atoms with E-state index in [1.807, 2.05) is 6.92 Å². The maximum atomic E-state index is 12.6. The lowest BCUT2D eigenvalue weighted by Crippen LogP contribution is -2.32. The molecular formula is C20H24N4O4S3. The summed E-state index contributed by atoms with van der Waals surface area (Å²) < 4.78 is 5.59. The lowest BCUT2D eigenvalue weighted by molar-refractivity contribution is -0.118. The van der Waals surface area contributed by atoms with Crippen molar-refractivity contribution in [2.75, 3.05) is 23.1 Å². The molecule has 1 saturated carbocycles. The Balaban J connectivity index is 1.40. The van der Waals surface area contributed by atoms with Gasteiger partial charge < -0.3 is 10.1 Å². The van der Waals surface area contributed by atoms with Gasteiger partial charge in [-0.05, 0) is 44.1 Å².